The summed E-state index contributed by atoms with van der Waals surface area (Å²) < 4.78 is 1.82. The van der Waals surface area contributed by atoms with E-state index in [2.05, 4.69) is 25.5 Å². The van der Waals surface area contributed by atoms with Gasteiger partial charge in [0.1, 0.15) is 0 Å². The summed E-state index contributed by atoms with van der Waals surface area (Å²) in [6, 6.07) is 13.4. The molecule has 0 spiro atoms. The fourth-order valence-electron chi connectivity index (χ4n) is 3.26. The number of nitrogens with one attached hydrogen (secondary N) is 1. The Hall–Kier alpha value is -3.22. The van der Waals surface area contributed by atoms with Gasteiger partial charge in [0.2, 0.25) is 0 Å². The first-order valence-electron chi connectivity index (χ1n) is 9.18. The van der Waals surface area contributed by atoms with E-state index in [-0.39, 0.29) is 5.91 Å². The minimum absolute atomic E-state index is 0.234. The maximum atomic E-state index is 12.5. The number of nitrogens with zero attached hydrogens (tertiary/aromatic N) is 5. The third-order valence-corrected chi connectivity index (χ3v) is 4.71. The molecule has 0 saturated carbocycles. The molecule has 1 aromatic carbocycles. The number of hydrogen-bond acceptors (Lipinski definition) is 5. The first-order chi connectivity index (χ1) is 13.2. The zero-order valence-corrected chi connectivity index (χ0v) is 15.3. The number of carbonyl (C=O) groups is 1. The Kier molecular flexibility index (Phi) is 4.82. The predicted octanol–water partition coefficient (Wildman–Crippen LogP) is 2.50. The molecule has 27 heavy (non-hydrogen) atoms. The van der Waals surface area contributed by atoms with Crippen LogP contribution in [0.4, 0.5) is 5.82 Å². The van der Waals surface area contributed by atoms with Crippen LogP contribution in [0.1, 0.15) is 34.6 Å². The van der Waals surface area contributed by atoms with Crippen molar-refractivity contribution in [1.82, 2.24) is 25.3 Å². The van der Waals surface area contributed by atoms with Gasteiger partial charge in [-0.05, 0) is 49.6 Å². The van der Waals surface area contributed by atoms with Gasteiger partial charge in [-0.2, -0.15) is 5.10 Å². The topological polar surface area (TPSA) is 75.9 Å². The number of anilines is 1. The van der Waals surface area contributed by atoms with Crippen LogP contribution in [0.25, 0.3) is 5.69 Å². The molecule has 1 aliphatic heterocycles. The number of rotatable bonds is 5. The molecule has 3 heterocycles. The van der Waals surface area contributed by atoms with Crippen molar-refractivity contribution in [2.45, 2.75) is 26.3 Å². The number of para-hydroxylation sites is 1. The molecule has 0 radical (unpaired) electrons. The van der Waals surface area contributed by atoms with Crippen LogP contribution in [-0.4, -0.2) is 39.0 Å². The zero-order valence-electron chi connectivity index (χ0n) is 15.3. The van der Waals surface area contributed by atoms with Gasteiger partial charge in [-0.3, -0.25) is 4.79 Å². The third-order valence-electron chi connectivity index (χ3n) is 4.71. The van der Waals surface area contributed by atoms with Gasteiger partial charge in [-0.25, -0.2) is 4.68 Å². The summed E-state index contributed by atoms with van der Waals surface area (Å²) in [4.78, 5) is 14.6. The van der Waals surface area contributed by atoms with Crippen molar-refractivity contribution in [1.29, 1.82) is 0 Å². The van der Waals surface area contributed by atoms with Crippen molar-refractivity contribution in [3.05, 3.63) is 65.6 Å². The summed E-state index contributed by atoms with van der Waals surface area (Å²) in [5.41, 5.74) is 3.20. The molecule has 0 atom stereocenters. The number of carbonyl (C=O) groups excluding carboxylic acids is 1. The van der Waals surface area contributed by atoms with Crippen LogP contribution < -0.4 is 10.2 Å². The van der Waals surface area contributed by atoms with Crippen LogP contribution in [0, 0.1) is 6.92 Å². The fourth-order valence-corrected chi connectivity index (χ4v) is 3.26. The average Bonchev–Trinajstić information content (AvgIpc) is 3.38. The van der Waals surface area contributed by atoms with Crippen LogP contribution >= 0.6 is 0 Å². The second-order valence-electron chi connectivity index (χ2n) is 6.68. The number of amides is 1. The van der Waals surface area contributed by atoms with E-state index < -0.39 is 0 Å². The van der Waals surface area contributed by atoms with Crippen LogP contribution in [0.15, 0.2) is 48.7 Å². The van der Waals surface area contributed by atoms with Crippen LogP contribution in [-0.2, 0) is 6.54 Å². The van der Waals surface area contributed by atoms with Crippen LogP contribution in [0.2, 0.25) is 0 Å². The molecule has 1 N–H and O–H groups in total. The Morgan fingerprint density at radius 1 is 1.07 bits per heavy atom. The minimum Gasteiger partial charge on any atom is -0.355 e. The zero-order chi connectivity index (χ0) is 18.6. The molecule has 0 unspecified atom stereocenters. The van der Waals surface area contributed by atoms with E-state index in [1.165, 1.54) is 12.8 Å². The second kappa shape index (κ2) is 7.57. The summed E-state index contributed by atoms with van der Waals surface area (Å²) >= 11 is 0. The van der Waals surface area contributed by atoms with Crippen molar-refractivity contribution < 1.29 is 4.79 Å². The molecule has 2 aromatic heterocycles. The smallest absolute Gasteiger partial charge is 0.272 e. The van der Waals surface area contributed by atoms with Crippen LogP contribution in [0.5, 0.6) is 0 Å². The van der Waals surface area contributed by atoms with Crippen molar-refractivity contribution in [3.8, 4) is 5.69 Å². The monoisotopic (exact) mass is 362 g/mol. The lowest BCUT2D eigenvalue weighted by Gasteiger charge is -2.15. The lowest BCUT2D eigenvalue weighted by atomic mass is 10.1. The van der Waals surface area contributed by atoms with E-state index in [1.54, 1.807) is 6.07 Å². The average molecular weight is 362 g/mol. The number of benzene rings is 1. The summed E-state index contributed by atoms with van der Waals surface area (Å²) in [6.45, 7) is 4.35. The van der Waals surface area contributed by atoms with Crippen molar-refractivity contribution in [3.63, 3.8) is 0 Å². The van der Waals surface area contributed by atoms with Gasteiger partial charge < -0.3 is 10.2 Å². The van der Waals surface area contributed by atoms with E-state index in [0.29, 0.717) is 12.2 Å². The largest absolute Gasteiger partial charge is 0.355 e. The predicted molar refractivity (Wildman–Crippen MR) is 103 cm³/mol. The van der Waals surface area contributed by atoms with E-state index in [9.17, 15) is 4.79 Å². The van der Waals surface area contributed by atoms with E-state index in [1.807, 2.05) is 54.2 Å². The molecule has 7 nitrogen and oxygen atoms in total. The van der Waals surface area contributed by atoms with Crippen molar-refractivity contribution >= 4 is 11.7 Å². The Bertz CT molecular complexity index is 928. The minimum atomic E-state index is -0.234. The summed E-state index contributed by atoms with van der Waals surface area (Å²) in [5, 5.41) is 15.7. The normalized spacial score (nSPS) is 13.7. The van der Waals surface area contributed by atoms with E-state index in [4.69, 9.17) is 0 Å². The Balaban J connectivity index is 1.44. The Morgan fingerprint density at radius 3 is 2.59 bits per heavy atom. The molecular weight excluding hydrogens is 340 g/mol. The molecule has 4 rings (SSSR count). The summed E-state index contributed by atoms with van der Waals surface area (Å²) in [5.74, 6) is 0.602. The SMILES string of the molecule is Cc1ccn(-c2ccccc2CNC(=O)c2ccc(N3CCCC3)nn2)n1. The van der Waals surface area contributed by atoms with Gasteiger partial charge in [0, 0.05) is 25.8 Å². The first kappa shape index (κ1) is 17.2. The number of aromatic nitrogens is 4. The standard InChI is InChI=1S/C20H22N6O/c1-15-10-13-26(24-15)18-7-3-2-6-16(18)14-21-20(27)17-8-9-19(23-22-17)25-11-4-5-12-25/h2-3,6-10,13H,4-5,11-12,14H2,1H3,(H,21,27). The van der Waals surface area contributed by atoms with Gasteiger partial charge in [-0.1, -0.05) is 18.2 Å². The second-order valence-corrected chi connectivity index (χ2v) is 6.68. The number of aryl methyl sites for hydroxylation is 1. The van der Waals surface area contributed by atoms with Gasteiger partial charge in [-0.15, -0.1) is 10.2 Å². The number of hydrogen-bond donors (Lipinski definition) is 1. The van der Waals surface area contributed by atoms with Gasteiger partial charge in [0.25, 0.3) is 5.91 Å². The van der Waals surface area contributed by atoms with Crippen LogP contribution in [0.3, 0.4) is 0 Å². The van der Waals surface area contributed by atoms with Gasteiger partial charge in [0.05, 0.1) is 11.4 Å². The molecule has 1 amide bonds. The first-order valence-corrected chi connectivity index (χ1v) is 9.18. The highest BCUT2D eigenvalue weighted by Crippen LogP contribution is 2.17. The van der Waals surface area contributed by atoms with Gasteiger partial charge >= 0.3 is 0 Å². The highest BCUT2D eigenvalue weighted by atomic mass is 16.1. The van der Waals surface area contributed by atoms with Crippen molar-refractivity contribution in [2.24, 2.45) is 0 Å². The van der Waals surface area contributed by atoms with E-state index >= 15 is 0 Å². The Labute approximate surface area is 158 Å². The molecule has 1 saturated heterocycles. The summed E-state index contributed by atoms with van der Waals surface area (Å²) in [7, 11) is 0. The molecular formula is C20H22N6O. The van der Waals surface area contributed by atoms with E-state index in [0.717, 1.165) is 35.9 Å². The molecule has 1 fully saturated rings. The molecule has 7 heteroatoms. The molecule has 138 valence electrons. The fraction of sp³-hybridized carbons (Fsp3) is 0.300. The maximum absolute atomic E-state index is 12.5. The molecule has 3 aromatic rings. The van der Waals surface area contributed by atoms with Gasteiger partial charge in [0.15, 0.2) is 11.5 Å². The quantitative estimate of drug-likeness (QED) is 0.755. The molecule has 0 bridgehead atoms. The maximum Gasteiger partial charge on any atom is 0.272 e. The highest BCUT2D eigenvalue weighted by Gasteiger charge is 2.15. The Morgan fingerprint density at radius 2 is 1.89 bits per heavy atom. The highest BCUT2D eigenvalue weighted by molar-refractivity contribution is 5.92. The molecule has 0 aliphatic carbocycles. The third kappa shape index (κ3) is 3.81. The lowest BCUT2D eigenvalue weighted by Crippen LogP contribution is -2.25. The lowest BCUT2D eigenvalue weighted by molar-refractivity contribution is 0.0945. The van der Waals surface area contributed by atoms with Crippen molar-refractivity contribution in [2.75, 3.05) is 18.0 Å². The summed E-state index contributed by atoms with van der Waals surface area (Å²) in [6.07, 6.45) is 4.27. The molecule has 1 aliphatic rings.